The summed E-state index contributed by atoms with van der Waals surface area (Å²) in [6.45, 7) is 1.59. The van der Waals surface area contributed by atoms with E-state index in [4.69, 9.17) is 5.41 Å². The molecule has 32 heavy (non-hydrogen) atoms. The summed E-state index contributed by atoms with van der Waals surface area (Å²) in [7, 11) is 0. The van der Waals surface area contributed by atoms with E-state index in [1.165, 1.54) is 0 Å². The van der Waals surface area contributed by atoms with Gasteiger partial charge in [-0.25, -0.2) is 0 Å². The van der Waals surface area contributed by atoms with Crippen molar-refractivity contribution < 1.29 is 9.90 Å². The topological polar surface area (TPSA) is 122 Å². The quantitative estimate of drug-likeness (QED) is 0.295. The lowest BCUT2D eigenvalue weighted by Gasteiger charge is -2.18. The third kappa shape index (κ3) is 4.45. The highest BCUT2D eigenvalue weighted by Gasteiger charge is 2.42. The Morgan fingerprint density at radius 2 is 1.91 bits per heavy atom. The van der Waals surface area contributed by atoms with Crippen LogP contribution < -0.4 is 21.3 Å². The van der Waals surface area contributed by atoms with Gasteiger partial charge in [-0.3, -0.25) is 10.2 Å². The van der Waals surface area contributed by atoms with Gasteiger partial charge in [0.05, 0.1) is 12.1 Å². The van der Waals surface area contributed by atoms with E-state index < -0.39 is 0 Å². The molecular weight excluding hydrogens is 404 g/mol. The minimum absolute atomic E-state index is 0.0425. The van der Waals surface area contributed by atoms with E-state index in [1.54, 1.807) is 6.07 Å². The highest BCUT2D eigenvalue weighted by Crippen LogP contribution is 2.44. The van der Waals surface area contributed by atoms with Gasteiger partial charge in [0.25, 0.3) is 5.91 Å². The number of rotatable bonds is 7. The van der Waals surface area contributed by atoms with Gasteiger partial charge in [0.1, 0.15) is 5.84 Å². The number of nitrogens with zero attached hydrogens (tertiary/aromatic N) is 1. The van der Waals surface area contributed by atoms with Gasteiger partial charge in [-0.15, -0.1) is 0 Å². The molecule has 0 bridgehead atoms. The zero-order valence-electron chi connectivity index (χ0n) is 17.9. The number of anilines is 2. The fourth-order valence-electron chi connectivity index (χ4n) is 3.93. The molecule has 3 aliphatic rings. The van der Waals surface area contributed by atoms with Crippen molar-refractivity contribution in [1.82, 2.24) is 16.0 Å². The fourth-order valence-corrected chi connectivity index (χ4v) is 3.93. The van der Waals surface area contributed by atoms with Crippen LogP contribution >= 0.6 is 0 Å². The molecule has 2 saturated carbocycles. The van der Waals surface area contributed by atoms with Crippen molar-refractivity contribution in [2.75, 3.05) is 25.0 Å². The second kappa shape index (κ2) is 8.27. The Kier molecular flexibility index (Phi) is 5.30. The van der Waals surface area contributed by atoms with E-state index in [-0.39, 0.29) is 18.1 Å². The van der Waals surface area contributed by atoms with Crippen molar-refractivity contribution in [3.05, 3.63) is 59.2 Å². The Balaban J connectivity index is 1.34. The zero-order chi connectivity index (χ0) is 22.1. The fraction of sp³-hybridized carbons (Fsp3) is 0.375. The third-order valence-electron chi connectivity index (χ3n) is 6.22. The number of aliphatic imine (C=N–C) groups is 1. The Labute approximate surface area is 187 Å². The number of carbonyl (C=O) groups excluding carboxylic acids is 1. The van der Waals surface area contributed by atoms with Gasteiger partial charge in [0.2, 0.25) is 0 Å². The Bertz CT molecular complexity index is 1080. The van der Waals surface area contributed by atoms with Crippen LogP contribution in [0.4, 0.5) is 11.4 Å². The molecule has 3 fully saturated rings. The van der Waals surface area contributed by atoms with Crippen molar-refractivity contribution in [3.63, 3.8) is 0 Å². The molecule has 0 unspecified atom stereocenters. The van der Waals surface area contributed by atoms with Gasteiger partial charge in [0.15, 0.2) is 5.96 Å². The third-order valence-corrected chi connectivity index (χ3v) is 6.22. The lowest BCUT2D eigenvalue weighted by molar-refractivity contribution is 0.100. The number of guanidine groups is 1. The maximum Gasteiger partial charge on any atom is 0.280 e. The minimum Gasteiger partial charge on any atom is -0.394 e. The molecule has 2 aromatic carbocycles. The summed E-state index contributed by atoms with van der Waals surface area (Å²) >= 11 is 0. The Hall–Kier alpha value is -3.39. The number of hydrogen-bond acceptors (Lipinski definition) is 4. The summed E-state index contributed by atoms with van der Waals surface area (Å²) in [5.74, 6) is 1.04. The van der Waals surface area contributed by atoms with E-state index in [9.17, 15) is 9.90 Å². The Morgan fingerprint density at radius 1 is 1.12 bits per heavy atom. The second-order valence-corrected chi connectivity index (χ2v) is 8.84. The van der Waals surface area contributed by atoms with E-state index in [0.717, 1.165) is 61.3 Å². The second-order valence-electron chi connectivity index (χ2n) is 8.84. The highest BCUT2D eigenvalue weighted by molar-refractivity contribution is 6.03. The van der Waals surface area contributed by atoms with E-state index >= 15 is 0 Å². The van der Waals surface area contributed by atoms with Crippen LogP contribution in [-0.4, -0.2) is 48.0 Å². The van der Waals surface area contributed by atoms with Crippen LogP contribution in [0.3, 0.4) is 0 Å². The van der Waals surface area contributed by atoms with Crippen molar-refractivity contribution in [2.24, 2.45) is 4.99 Å². The van der Waals surface area contributed by atoms with Gasteiger partial charge in [-0.2, -0.15) is 4.99 Å². The van der Waals surface area contributed by atoms with Gasteiger partial charge >= 0.3 is 0 Å². The molecule has 166 valence electrons. The van der Waals surface area contributed by atoms with Crippen molar-refractivity contribution in [3.8, 4) is 0 Å². The lowest BCUT2D eigenvalue weighted by atomic mass is 10.0. The van der Waals surface area contributed by atoms with Crippen LogP contribution in [0.25, 0.3) is 0 Å². The molecule has 1 amide bonds. The van der Waals surface area contributed by atoms with Crippen LogP contribution in [0.1, 0.15) is 53.1 Å². The number of nitrogens with one attached hydrogen (secondary N) is 5. The highest BCUT2D eigenvalue weighted by atomic mass is 16.3. The first kappa shape index (κ1) is 20.5. The predicted octanol–water partition coefficient (Wildman–Crippen LogP) is 2.44. The summed E-state index contributed by atoms with van der Waals surface area (Å²) in [4.78, 5) is 16.7. The van der Waals surface area contributed by atoms with Crippen LogP contribution in [0, 0.1) is 5.41 Å². The summed E-state index contributed by atoms with van der Waals surface area (Å²) < 4.78 is 0. The standard InChI is InChI=1S/C24H28N6O2/c25-21(30-24(14-31)8-9-24)16-2-1-3-18(12-16)28-20-7-6-17(13-19(20)15-4-5-15)22(32)29-23-26-10-11-27-23/h1-3,6-7,12-13,15,28,31H,4-5,8-11,14H2,(H2,25,30)(H2,26,27,29,32). The first-order chi connectivity index (χ1) is 15.5. The van der Waals surface area contributed by atoms with Crippen LogP contribution in [-0.2, 0) is 0 Å². The van der Waals surface area contributed by atoms with E-state index in [1.807, 2.05) is 36.4 Å². The van der Waals surface area contributed by atoms with Crippen LogP contribution in [0.15, 0.2) is 47.5 Å². The number of carbonyl (C=O) groups is 1. The maximum absolute atomic E-state index is 12.6. The molecular formula is C24H28N6O2. The van der Waals surface area contributed by atoms with E-state index in [0.29, 0.717) is 23.3 Å². The predicted molar refractivity (Wildman–Crippen MR) is 125 cm³/mol. The molecule has 5 rings (SSSR count). The number of amides is 1. The lowest BCUT2D eigenvalue weighted by Crippen LogP contribution is -2.39. The number of hydrogen-bond donors (Lipinski definition) is 6. The van der Waals surface area contributed by atoms with Crippen molar-refractivity contribution in [2.45, 2.75) is 37.1 Å². The molecule has 6 N–H and O–H groups in total. The summed E-state index contributed by atoms with van der Waals surface area (Å²) in [5, 5.41) is 30.7. The average Bonchev–Trinajstić information content (AvgIpc) is 3.73. The Morgan fingerprint density at radius 3 is 2.59 bits per heavy atom. The molecule has 0 spiro atoms. The molecule has 0 atom stereocenters. The van der Waals surface area contributed by atoms with Gasteiger partial charge in [0, 0.05) is 35.6 Å². The maximum atomic E-state index is 12.6. The van der Waals surface area contributed by atoms with Gasteiger partial charge in [-0.05, 0) is 67.5 Å². The molecule has 2 aliphatic carbocycles. The van der Waals surface area contributed by atoms with Crippen LogP contribution in [0.5, 0.6) is 0 Å². The molecule has 1 heterocycles. The number of amidine groups is 1. The number of benzene rings is 2. The van der Waals surface area contributed by atoms with Gasteiger partial charge < -0.3 is 26.4 Å². The normalized spacial score (nSPS) is 18.3. The first-order valence-corrected chi connectivity index (χ1v) is 11.1. The van der Waals surface area contributed by atoms with Gasteiger partial charge in [-0.1, -0.05) is 12.1 Å². The largest absolute Gasteiger partial charge is 0.394 e. The molecule has 8 nitrogen and oxygen atoms in total. The summed E-state index contributed by atoms with van der Waals surface area (Å²) in [6, 6.07) is 13.4. The van der Waals surface area contributed by atoms with Crippen LogP contribution in [0.2, 0.25) is 0 Å². The SMILES string of the molecule is N=C(NC1(CO)CC1)c1cccc(Nc2ccc(C(=O)N=C3NCCN3)cc2C2CC2)c1. The average molecular weight is 433 g/mol. The molecule has 0 aromatic heterocycles. The minimum atomic E-state index is -0.324. The monoisotopic (exact) mass is 432 g/mol. The van der Waals surface area contributed by atoms with Crippen molar-refractivity contribution in [1.29, 1.82) is 5.41 Å². The molecule has 8 heteroatoms. The molecule has 0 radical (unpaired) electrons. The number of aliphatic hydroxyl groups is 1. The molecule has 1 saturated heterocycles. The zero-order valence-corrected chi connectivity index (χ0v) is 17.9. The van der Waals surface area contributed by atoms with E-state index in [2.05, 4.69) is 26.3 Å². The summed E-state index contributed by atoms with van der Waals surface area (Å²) in [6.07, 6.45) is 4.00. The first-order valence-electron chi connectivity index (χ1n) is 11.1. The molecule has 2 aromatic rings. The van der Waals surface area contributed by atoms with Crippen molar-refractivity contribution >= 4 is 29.1 Å². The number of aliphatic hydroxyl groups excluding tert-OH is 1. The summed E-state index contributed by atoms with van der Waals surface area (Å²) in [5.41, 5.74) is 4.00. The molecule has 1 aliphatic heterocycles. The smallest absolute Gasteiger partial charge is 0.280 e.